The van der Waals surface area contributed by atoms with Crippen LogP contribution in [0.5, 0.6) is 0 Å². The number of aliphatic carboxylic acids is 1. The molecule has 0 aliphatic carbocycles. The number of aliphatic imine (C=N–C) groups is 1. The van der Waals surface area contributed by atoms with Crippen molar-refractivity contribution in [2.75, 3.05) is 32.9 Å². The van der Waals surface area contributed by atoms with E-state index in [9.17, 15) is 63.6 Å². The molecule has 10 atom stereocenters. The van der Waals surface area contributed by atoms with Gasteiger partial charge < -0.3 is 90.9 Å². The van der Waals surface area contributed by atoms with Gasteiger partial charge in [-0.25, -0.2) is 4.79 Å². The van der Waals surface area contributed by atoms with Gasteiger partial charge in [-0.3, -0.25) is 43.3 Å². The van der Waals surface area contributed by atoms with Gasteiger partial charge >= 0.3 is 5.97 Å². The van der Waals surface area contributed by atoms with Crippen LogP contribution in [0.1, 0.15) is 83.8 Å². The summed E-state index contributed by atoms with van der Waals surface area (Å²) in [5.74, 6) is -9.67. The summed E-state index contributed by atoms with van der Waals surface area (Å²) in [4.78, 5) is 130. The number of benzene rings is 2. The number of carbonyl (C=O) groups is 9. The van der Waals surface area contributed by atoms with E-state index in [4.69, 9.17) is 22.9 Å². The molecule has 27 nitrogen and oxygen atoms in total. The molecule has 0 saturated carbocycles. The number of nitrogens with zero attached hydrogens (tertiary/aromatic N) is 1. The molecule has 8 amide bonds. The number of aliphatic hydroxyl groups is 3. The minimum Gasteiger partial charge on any atom is -0.480 e. The minimum atomic E-state index is -1.76. The van der Waals surface area contributed by atoms with Crippen molar-refractivity contribution in [2.45, 2.75) is 140 Å². The van der Waals surface area contributed by atoms with E-state index in [2.05, 4.69) is 47.2 Å². The fourth-order valence-electron chi connectivity index (χ4n) is 8.36. The molecule has 80 heavy (non-hydrogen) atoms. The maximum atomic E-state index is 14.7. The van der Waals surface area contributed by atoms with Crippen molar-refractivity contribution in [2.24, 2.45) is 39.8 Å². The molecule has 0 unspecified atom stereocenters. The lowest BCUT2D eigenvalue weighted by atomic mass is 9.96. The predicted molar refractivity (Wildman–Crippen MR) is 296 cm³/mol. The molecule has 0 fully saturated rings. The Balaban J connectivity index is 1.96. The third-order valence-corrected chi connectivity index (χ3v) is 13.1. The first-order valence-electron chi connectivity index (χ1n) is 26.7. The smallest absolute Gasteiger partial charge is 0.328 e. The Labute approximate surface area is 464 Å². The summed E-state index contributed by atoms with van der Waals surface area (Å²) in [7, 11) is 0. The van der Waals surface area contributed by atoms with E-state index in [-0.39, 0.29) is 69.9 Å². The third-order valence-electron chi connectivity index (χ3n) is 13.1. The number of amides is 8. The molecule has 3 aromatic rings. The van der Waals surface area contributed by atoms with Crippen molar-refractivity contribution < 1.29 is 63.6 Å². The Morgan fingerprint density at radius 3 is 1.62 bits per heavy atom. The van der Waals surface area contributed by atoms with E-state index in [1.54, 1.807) is 88.5 Å². The number of fused-ring (bicyclic) bond motifs is 1. The maximum absolute atomic E-state index is 14.7. The summed E-state index contributed by atoms with van der Waals surface area (Å²) < 4.78 is 0. The van der Waals surface area contributed by atoms with Gasteiger partial charge in [0.2, 0.25) is 47.3 Å². The molecule has 21 N–H and O–H groups in total. The van der Waals surface area contributed by atoms with E-state index in [0.717, 1.165) is 5.56 Å². The van der Waals surface area contributed by atoms with E-state index in [1.165, 1.54) is 0 Å². The topological polar surface area (TPSA) is 463 Å². The molecule has 0 saturated heterocycles. The van der Waals surface area contributed by atoms with Crippen molar-refractivity contribution in [1.82, 2.24) is 47.5 Å². The Kier molecular flexibility index (Phi) is 28.6. The molecule has 1 heterocycles. The van der Waals surface area contributed by atoms with Gasteiger partial charge in [-0.2, -0.15) is 0 Å². The van der Waals surface area contributed by atoms with Gasteiger partial charge in [-0.15, -0.1) is 0 Å². The largest absolute Gasteiger partial charge is 0.480 e. The summed E-state index contributed by atoms with van der Waals surface area (Å²) in [6.45, 7) is 4.45. The van der Waals surface area contributed by atoms with Crippen LogP contribution in [0.2, 0.25) is 0 Å². The fourth-order valence-corrected chi connectivity index (χ4v) is 8.36. The number of carboxylic acid groups (broad SMARTS) is 1. The van der Waals surface area contributed by atoms with Crippen molar-refractivity contribution >= 4 is 70.1 Å². The number of nitrogens with two attached hydrogens (primary N) is 4. The van der Waals surface area contributed by atoms with Gasteiger partial charge in [0.1, 0.15) is 48.3 Å². The maximum Gasteiger partial charge on any atom is 0.328 e. The van der Waals surface area contributed by atoms with E-state index in [0.29, 0.717) is 29.3 Å². The van der Waals surface area contributed by atoms with Crippen LogP contribution >= 0.6 is 0 Å². The normalized spacial score (nSPS) is 15.0. The summed E-state index contributed by atoms with van der Waals surface area (Å²) in [5.41, 5.74) is 25.0. The number of aliphatic hydroxyl groups excluding tert-OH is 3. The molecule has 0 aliphatic heterocycles. The second-order valence-corrected chi connectivity index (χ2v) is 19.9. The number of nitrogens with one attached hydrogen (secondary N) is 9. The first-order valence-corrected chi connectivity index (χ1v) is 26.7. The second-order valence-electron chi connectivity index (χ2n) is 19.9. The zero-order chi connectivity index (χ0) is 59.5. The lowest BCUT2D eigenvalue weighted by Gasteiger charge is -2.30. The molecule has 1 aromatic heterocycles. The van der Waals surface area contributed by atoms with Crippen molar-refractivity contribution in [3.05, 3.63) is 71.9 Å². The van der Waals surface area contributed by atoms with Gasteiger partial charge in [0.15, 0.2) is 5.96 Å². The summed E-state index contributed by atoms with van der Waals surface area (Å²) in [5, 5.41) is 59.9. The van der Waals surface area contributed by atoms with Crippen LogP contribution < -0.4 is 65.5 Å². The molecule has 0 radical (unpaired) electrons. The van der Waals surface area contributed by atoms with Crippen LogP contribution in [0.4, 0.5) is 0 Å². The van der Waals surface area contributed by atoms with Crippen LogP contribution in [0.15, 0.2) is 65.8 Å². The molecule has 0 bridgehead atoms. The van der Waals surface area contributed by atoms with Gasteiger partial charge in [-0.05, 0) is 80.5 Å². The number of hydrogen-bond donors (Lipinski definition) is 17. The average Bonchev–Trinajstić information content (AvgIpc) is 3.84. The van der Waals surface area contributed by atoms with Crippen LogP contribution in [0.3, 0.4) is 0 Å². The number of para-hydroxylation sites is 1. The summed E-state index contributed by atoms with van der Waals surface area (Å²) in [6.07, 6.45) is 2.64. The molecule has 442 valence electrons. The fraction of sp³-hybridized carbons (Fsp3) is 0.547. The van der Waals surface area contributed by atoms with Gasteiger partial charge in [0, 0.05) is 30.1 Å². The molecule has 0 spiro atoms. The van der Waals surface area contributed by atoms with Crippen LogP contribution in [-0.2, 0) is 56.0 Å². The van der Waals surface area contributed by atoms with E-state index < -0.39 is 133 Å². The molecule has 27 heteroatoms. The number of H-pyrrole nitrogens is 1. The highest BCUT2D eigenvalue weighted by Gasteiger charge is 2.36. The van der Waals surface area contributed by atoms with Crippen LogP contribution in [0.25, 0.3) is 10.9 Å². The summed E-state index contributed by atoms with van der Waals surface area (Å²) >= 11 is 0. The number of aromatic nitrogens is 1. The number of unbranched alkanes of at least 4 members (excludes halogenated alkanes) is 1. The SMILES string of the molecule is CC[C@H](C)[C@H](NC(=O)[C@H](CC(C)C)NC(=O)[C@H](CO)NC(=O)[C@@H](N)Cc1ccccc1)C(=O)N[C@@H](CCCN=C(N)N)C(=O)N[C@@H](Cc1c[nH]c2ccccc12)C(=O)N[C@@H](CCCCN)C(=O)N[C@@H](CO)C(=O)N[C@@H](CO)C(=O)O. The number of aromatic amines is 1. The highest BCUT2D eigenvalue weighted by molar-refractivity contribution is 5.98. The predicted octanol–water partition coefficient (Wildman–Crippen LogP) is -3.50. The van der Waals surface area contributed by atoms with E-state index >= 15 is 0 Å². The van der Waals surface area contributed by atoms with Crippen molar-refractivity contribution in [1.29, 1.82) is 0 Å². The highest BCUT2D eigenvalue weighted by Crippen LogP contribution is 2.20. The number of guanidine groups is 1. The second kappa shape index (κ2) is 34.3. The van der Waals surface area contributed by atoms with Crippen LogP contribution in [-0.4, -0.2) is 172 Å². The lowest BCUT2D eigenvalue weighted by Crippen LogP contribution is -2.61. The first kappa shape index (κ1) is 66.6. The zero-order valence-corrected chi connectivity index (χ0v) is 45.7. The van der Waals surface area contributed by atoms with Crippen molar-refractivity contribution in [3.63, 3.8) is 0 Å². The Hall–Kier alpha value is -7.72. The number of carboxylic acids is 1. The van der Waals surface area contributed by atoms with E-state index in [1.807, 2.05) is 5.32 Å². The average molecular weight is 1120 g/mol. The Morgan fingerprint density at radius 1 is 0.575 bits per heavy atom. The highest BCUT2D eigenvalue weighted by atomic mass is 16.4. The number of hydrogen-bond acceptors (Lipinski definition) is 15. The Morgan fingerprint density at radius 2 is 1.06 bits per heavy atom. The summed E-state index contributed by atoms with van der Waals surface area (Å²) in [6, 6.07) is 3.11. The molecule has 2 aromatic carbocycles. The zero-order valence-electron chi connectivity index (χ0n) is 45.7. The third kappa shape index (κ3) is 21.8. The standard InChI is InChI=1S/C53H82N14O13/c1-5-30(4)43(67-48(75)38(22-29(2)3)62-49(76)40(26-68)64-44(71)34(55)23-31-14-7-6-8-15-31)51(78)61-37(19-13-21-58-53(56)57)45(72)63-39(24-32-25-59-35-17-10-9-16-33(32)35)47(74)60-36(18-11-12-20-54)46(73)65-41(27-69)50(77)66-42(28-70)52(79)80/h6-10,14-17,25,29-30,34,36-43,59,68-70H,5,11-13,18-24,26-28,54-55H2,1-4H3,(H,60,74)(H,61,78)(H,62,76)(H,63,72)(H,64,71)(H,65,73)(H,66,77)(H,67,75)(H,79,80)(H4,56,57,58)/t30-,34-,36-,37-,38-,39-,40-,41-,42-,43-/m0/s1. The lowest BCUT2D eigenvalue weighted by molar-refractivity contribution is -0.143. The minimum absolute atomic E-state index is 0.0149. The molecular formula is C53H82N14O13. The van der Waals surface area contributed by atoms with Gasteiger partial charge in [0.25, 0.3) is 0 Å². The quantitative estimate of drug-likeness (QED) is 0.0153. The molecule has 0 aliphatic rings. The molecular weight excluding hydrogens is 1040 g/mol. The molecule has 3 rings (SSSR count). The number of rotatable bonds is 36. The van der Waals surface area contributed by atoms with Crippen molar-refractivity contribution in [3.8, 4) is 0 Å². The van der Waals surface area contributed by atoms with Crippen LogP contribution in [0, 0.1) is 11.8 Å². The monoisotopic (exact) mass is 1120 g/mol. The number of carbonyl (C=O) groups excluding carboxylic acids is 8. The first-order chi connectivity index (χ1) is 38.1. The van der Waals surface area contributed by atoms with Gasteiger partial charge in [-0.1, -0.05) is 82.6 Å². The van der Waals surface area contributed by atoms with Gasteiger partial charge in [0.05, 0.1) is 25.9 Å². The Bertz CT molecular complexity index is 2540.